The molecule has 0 aliphatic rings. The molecule has 0 amide bonds. The summed E-state index contributed by atoms with van der Waals surface area (Å²) in [7, 11) is 0. The summed E-state index contributed by atoms with van der Waals surface area (Å²) in [6.45, 7) is 0. The Hall–Kier alpha value is -0.800. The molecule has 0 atom stereocenters. The second kappa shape index (κ2) is 3.74. The Morgan fingerprint density at radius 1 is 1.17 bits per heavy atom. The topological polar surface area (TPSA) is 12.9 Å². The molecule has 0 fully saturated rings. The van der Waals surface area contributed by atoms with Crippen molar-refractivity contribution in [2.75, 3.05) is 0 Å². The van der Waals surface area contributed by atoms with Crippen LogP contribution in [0.4, 0.5) is 0 Å². The van der Waals surface area contributed by atoms with E-state index in [4.69, 9.17) is 0 Å². The van der Waals surface area contributed by atoms with E-state index in [1.165, 1.54) is 4.21 Å². The van der Waals surface area contributed by atoms with Crippen LogP contribution in [0.2, 0.25) is 0 Å². The fourth-order valence-electron chi connectivity index (χ4n) is 0.832. The van der Waals surface area contributed by atoms with Crippen LogP contribution in [-0.2, 0) is 0 Å². The molecule has 1 nitrogen and oxygen atoms in total. The SMILES string of the molecule is c1ccc(Sc2cccs2)nc1. The van der Waals surface area contributed by atoms with Gasteiger partial charge in [-0.2, -0.15) is 0 Å². The number of pyridine rings is 1. The van der Waals surface area contributed by atoms with E-state index in [9.17, 15) is 0 Å². The second-order valence-corrected chi connectivity index (χ2v) is 4.47. The van der Waals surface area contributed by atoms with E-state index >= 15 is 0 Å². The highest BCUT2D eigenvalue weighted by Gasteiger charge is 1.96. The van der Waals surface area contributed by atoms with Crippen molar-refractivity contribution in [1.29, 1.82) is 0 Å². The van der Waals surface area contributed by atoms with Crippen molar-refractivity contribution in [3.63, 3.8) is 0 Å². The van der Waals surface area contributed by atoms with Crippen LogP contribution >= 0.6 is 23.1 Å². The molecule has 0 radical (unpaired) electrons. The predicted molar refractivity (Wildman–Crippen MR) is 52.7 cm³/mol. The summed E-state index contributed by atoms with van der Waals surface area (Å²) in [6.07, 6.45) is 1.82. The van der Waals surface area contributed by atoms with Gasteiger partial charge < -0.3 is 0 Å². The van der Waals surface area contributed by atoms with E-state index in [1.807, 2.05) is 24.4 Å². The van der Waals surface area contributed by atoms with Crippen LogP contribution in [0.15, 0.2) is 51.1 Å². The summed E-state index contributed by atoms with van der Waals surface area (Å²) in [6, 6.07) is 10.1. The monoisotopic (exact) mass is 193 g/mol. The van der Waals surface area contributed by atoms with Crippen molar-refractivity contribution in [2.24, 2.45) is 0 Å². The first kappa shape index (κ1) is 7.83. The average molecular weight is 193 g/mol. The molecule has 0 saturated carbocycles. The normalized spacial score (nSPS) is 10.0. The minimum Gasteiger partial charge on any atom is -0.250 e. The summed E-state index contributed by atoms with van der Waals surface area (Å²) in [5.41, 5.74) is 0. The lowest BCUT2D eigenvalue weighted by molar-refractivity contribution is 1.14. The number of rotatable bonds is 2. The van der Waals surface area contributed by atoms with Crippen LogP contribution in [0.1, 0.15) is 0 Å². The molecule has 0 aliphatic carbocycles. The minimum absolute atomic E-state index is 1.06. The lowest BCUT2D eigenvalue weighted by atomic mass is 10.5. The van der Waals surface area contributed by atoms with E-state index in [0.717, 1.165) is 5.03 Å². The van der Waals surface area contributed by atoms with E-state index < -0.39 is 0 Å². The second-order valence-electron chi connectivity index (χ2n) is 2.20. The molecule has 0 bridgehead atoms. The van der Waals surface area contributed by atoms with Crippen LogP contribution in [0.25, 0.3) is 0 Å². The molecule has 0 spiro atoms. The molecule has 2 aromatic heterocycles. The van der Waals surface area contributed by atoms with Crippen LogP contribution in [-0.4, -0.2) is 4.98 Å². The summed E-state index contributed by atoms with van der Waals surface area (Å²) in [5, 5.41) is 3.13. The third-order valence-corrected chi connectivity index (χ3v) is 3.33. The van der Waals surface area contributed by atoms with Crippen molar-refractivity contribution >= 4 is 23.1 Å². The zero-order valence-electron chi connectivity index (χ0n) is 6.31. The Kier molecular flexibility index (Phi) is 2.44. The predicted octanol–water partition coefficient (Wildman–Crippen LogP) is 3.29. The van der Waals surface area contributed by atoms with Gasteiger partial charge in [0.1, 0.15) is 5.03 Å². The van der Waals surface area contributed by atoms with Gasteiger partial charge in [0.25, 0.3) is 0 Å². The Labute approximate surface area is 79.5 Å². The van der Waals surface area contributed by atoms with Crippen LogP contribution < -0.4 is 0 Å². The molecule has 0 aliphatic heterocycles. The van der Waals surface area contributed by atoms with Gasteiger partial charge in [-0.25, -0.2) is 4.98 Å². The quantitative estimate of drug-likeness (QED) is 0.726. The Morgan fingerprint density at radius 3 is 2.83 bits per heavy atom. The molecule has 0 N–H and O–H groups in total. The lowest BCUT2D eigenvalue weighted by Crippen LogP contribution is -1.73. The fourth-order valence-corrected chi connectivity index (χ4v) is 2.51. The van der Waals surface area contributed by atoms with E-state index in [2.05, 4.69) is 22.5 Å². The maximum absolute atomic E-state index is 4.22. The van der Waals surface area contributed by atoms with Crippen LogP contribution in [0.5, 0.6) is 0 Å². The minimum atomic E-state index is 1.06. The first-order valence-corrected chi connectivity index (χ1v) is 5.27. The summed E-state index contributed by atoms with van der Waals surface area (Å²) >= 11 is 3.44. The maximum Gasteiger partial charge on any atom is 0.101 e. The van der Waals surface area contributed by atoms with Gasteiger partial charge in [-0.1, -0.05) is 23.9 Å². The van der Waals surface area contributed by atoms with Crippen molar-refractivity contribution in [1.82, 2.24) is 4.98 Å². The fraction of sp³-hybridized carbons (Fsp3) is 0. The van der Waals surface area contributed by atoms with Gasteiger partial charge in [0.2, 0.25) is 0 Å². The molecule has 2 aromatic rings. The summed E-state index contributed by atoms with van der Waals surface area (Å²) in [4.78, 5) is 4.22. The molecule has 0 unspecified atom stereocenters. The number of hydrogen-bond acceptors (Lipinski definition) is 3. The number of thiophene rings is 1. The molecule has 3 heteroatoms. The average Bonchev–Trinajstić information content (AvgIpc) is 2.59. The van der Waals surface area contributed by atoms with Gasteiger partial charge in [-0.3, -0.25) is 0 Å². The van der Waals surface area contributed by atoms with Crippen molar-refractivity contribution in [3.8, 4) is 0 Å². The maximum atomic E-state index is 4.22. The molecular formula is C9H7NS2. The van der Waals surface area contributed by atoms with Crippen molar-refractivity contribution in [2.45, 2.75) is 9.24 Å². The highest BCUT2D eigenvalue weighted by Crippen LogP contribution is 2.29. The summed E-state index contributed by atoms with van der Waals surface area (Å²) < 4.78 is 1.29. The zero-order valence-corrected chi connectivity index (χ0v) is 7.94. The molecule has 2 heterocycles. The van der Waals surface area contributed by atoms with Crippen molar-refractivity contribution in [3.05, 3.63) is 41.9 Å². The molecular weight excluding hydrogens is 186 g/mol. The Balaban J connectivity index is 2.15. The smallest absolute Gasteiger partial charge is 0.101 e. The zero-order chi connectivity index (χ0) is 8.23. The molecule has 12 heavy (non-hydrogen) atoms. The van der Waals surface area contributed by atoms with Gasteiger partial charge in [0.15, 0.2) is 0 Å². The van der Waals surface area contributed by atoms with Gasteiger partial charge in [0, 0.05) is 6.20 Å². The van der Waals surface area contributed by atoms with E-state index in [0.29, 0.717) is 0 Å². The third kappa shape index (κ3) is 1.87. The molecule has 60 valence electrons. The van der Waals surface area contributed by atoms with E-state index in [1.54, 1.807) is 23.1 Å². The standard InChI is InChI=1S/C9H7NS2/c1-2-6-10-8(4-1)12-9-5-3-7-11-9/h1-7H. The Bertz CT molecular complexity index is 329. The number of nitrogens with zero attached hydrogens (tertiary/aromatic N) is 1. The van der Waals surface area contributed by atoms with Gasteiger partial charge in [-0.15, -0.1) is 11.3 Å². The van der Waals surface area contributed by atoms with Crippen molar-refractivity contribution < 1.29 is 0 Å². The third-order valence-electron chi connectivity index (χ3n) is 1.34. The van der Waals surface area contributed by atoms with Crippen LogP contribution in [0.3, 0.4) is 0 Å². The lowest BCUT2D eigenvalue weighted by Gasteiger charge is -1.94. The highest BCUT2D eigenvalue weighted by molar-refractivity contribution is 8.01. The first-order chi connectivity index (χ1) is 5.95. The van der Waals surface area contributed by atoms with Crippen LogP contribution in [0, 0.1) is 0 Å². The summed E-state index contributed by atoms with van der Waals surface area (Å²) in [5.74, 6) is 0. The van der Waals surface area contributed by atoms with Gasteiger partial charge in [0.05, 0.1) is 4.21 Å². The largest absolute Gasteiger partial charge is 0.250 e. The molecule has 0 saturated heterocycles. The molecule has 0 aromatic carbocycles. The Morgan fingerprint density at radius 2 is 2.17 bits per heavy atom. The van der Waals surface area contributed by atoms with E-state index in [-0.39, 0.29) is 0 Å². The number of aromatic nitrogens is 1. The van der Waals surface area contributed by atoms with Gasteiger partial charge in [-0.05, 0) is 23.6 Å². The number of hydrogen-bond donors (Lipinski definition) is 0. The van der Waals surface area contributed by atoms with Gasteiger partial charge >= 0.3 is 0 Å². The molecule has 2 rings (SSSR count). The highest BCUT2D eigenvalue weighted by atomic mass is 32.2. The first-order valence-electron chi connectivity index (χ1n) is 3.57.